The van der Waals surface area contributed by atoms with Crippen LogP contribution in [0.1, 0.15) is 38.5 Å². The summed E-state index contributed by atoms with van der Waals surface area (Å²) in [6, 6.07) is 0. The largest absolute Gasteiger partial charge is 0.390 e. The van der Waals surface area contributed by atoms with Crippen molar-refractivity contribution in [2.24, 2.45) is 11.8 Å². The smallest absolute Gasteiger partial charge is 0.133 e. The van der Waals surface area contributed by atoms with Gasteiger partial charge in [-0.2, -0.15) is 0 Å². The number of carbonyl (C=O) groups excluding carboxylic acids is 1. The molecule has 4 fully saturated rings. The average Bonchev–Trinajstić information content (AvgIpc) is 2.10. The first kappa shape index (κ1) is 9.79. The number of rotatable bonds is 3. The summed E-state index contributed by atoms with van der Waals surface area (Å²) in [6.07, 6.45) is 7.41. The van der Waals surface area contributed by atoms with Crippen LogP contribution >= 0.6 is 0 Å². The Kier molecular flexibility index (Phi) is 1.99. The van der Waals surface area contributed by atoms with Crippen molar-refractivity contribution >= 4 is 6.29 Å². The lowest BCUT2D eigenvalue weighted by molar-refractivity contribution is -0.143. The molecule has 0 aliphatic heterocycles. The van der Waals surface area contributed by atoms with Gasteiger partial charge in [0.1, 0.15) is 6.29 Å². The number of carbonyl (C=O) groups is 1. The summed E-state index contributed by atoms with van der Waals surface area (Å²) in [7, 11) is 0. The minimum atomic E-state index is -0.417. The van der Waals surface area contributed by atoms with E-state index in [4.69, 9.17) is 0 Å². The van der Waals surface area contributed by atoms with Crippen molar-refractivity contribution in [3.63, 3.8) is 0 Å². The van der Waals surface area contributed by atoms with Crippen molar-refractivity contribution < 1.29 is 9.90 Å². The molecule has 3 nitrogen and oxygen atoms in total. The second-order valence-corrected chi connectivity index (χ2v) is 6.01. The Labute approximate surface area is 90.2 Å². The summed E-state index contributed by atoms with van der Waals surface area (Å²) in [5, 5.41) is 13.8. The zero-order valence-corrected chi connectivity index (χ0v) is 9.04. The van der Waals surface area contributed by atoms with Crippen LogP contribution in [0.5, 0.6) is 0 Å². The predicted molar refractivity (Wildman–Crippen MR) is 56.4 cm³/mol. The molecule has 0 unspecified atom stereocenters. The van der Waals surface area contributed by atoms with Crippen molar-refractivity contribution in [3.8, 4) is 0 Å². The van der Waals surface area contributed by atoms with Crippen molar-refractivity contribution in [3.05, 3.63) is 0 Å². The molecule has 0 amide bonds. The van der Waals surface area contributed by atoms with Crippen LogP contribution in [-0.2, 0) is 4.79 Å². The first-order valence-electron chi connectivity index (χ1n) is 6.04. The molecule has 4 aliphatic rings. The number of hydrogen-bond acceptors (Lipinski definition) is 3. The first-order chi connectivity index (χ1) is 7.13. The highest BCUT2D eigenvalue weighted by Crippen LogP contribution is 2.57. The summed E-state index contributed by atoms with van der Waals surface area (Å²) in [5.41, 5.74) is -0.334. The maximum atomic E-state index is 10.5. The number of aldehydes is 1. The lowest BCUT2D eigenvalue weighted by Gasteiger charge is -2.60. The molecule has 4 aliphatic carbocycles. The van der Waals surface area contributed by atoms with Crippen LogP contribution in [0.4, 0.5) is 0 Å². The number of hydrogen-bond donors (Lipinski definition) is 2. The van der Waals surface area contributed by atoms with Crippen molar-refractivity contribution in [1.82, 2.24) is 5.32 Å². The Bertz CT molecular complexity index is 275. The summed E-state index contributed by atoms with van der Waals surface area (Å²) < 4.78 is 0. The van der Waals surface area contributed by atoms with Crippen LogP contribution in [0.3, 0.4) is 0 Å². The Hall–Kier alpha value is -0.410. The van der Waals surface area contributed by atoms with Gasteiger partial charge in [0.2, 0.25) is 0 Å². The topological polar surface area (TPSA) is 49.3 Å². The normalized spacial score (nSPS) is 52.1. The molecule has 0 aromatic carbocycles. The van der Waals surface area contributed by atoms with E-state index in [1.807, 2.05) is 0 Å². The minimum Gasteiger partial charge on any atom is -0.390 e. The van der Waals surface area contributed by atoms with Crippen molar-refractivity contribution in [2.45, 2.75) is 49.7 Å². The highest BCUT2D eigenvalue weighted by molar-refractivity contribution is 5.52. The Morgan fingerprint density at radius 1 is 1.27 bits per heavy atom. The van der Waals surface area contributed by atoms with E-state index < -0.39 is 5.60 Å². The molecule has 0 heterocycles. The fourth-order valence-corrected chi connectivity index (χ4v) is 4.68. The molecule has 4 rings (SSSR count). The van der Waals surface area contributed by atoms with Crippen LogP contribution in [0.15, 0.2) is 0 Å². The highest BCUT2D eigenvalue weighted by Gasteiger charge is 2.56. The maximum Gasteiger partial charge on any atom is 0.133 e. The van der Waals surface area contributed by atoms with Crippen LogP contribution in [0.2, 0.25) is 0 Å². The van der Waals surface area contributed by atoms with Crippen LogP contribution < -0.4 is 5.32 Å². The van der Waals surface area contributed by atoms with Crippen LogP contribution in [-0.4, -0.2) is 29.1 Å². The minimum absolute atomic E-state index is 0.0831. The maximum absolute atomic E-state index is 10.5. The third-order valence-electron chi connectivity index (χ3n) is 4.59. The zero-order chi connectivity index (χ0) is 10.5. The monoisotopic (exact) mass is 209 g/mol. The van der Waals surface area contributed by atoms with Gasteiger partial charge in [0.05, 0.1) is 12.1 Å². The zero-order valence-electron chi connectivity index (χ0n) is 9.04. The van der Waals surface area contributed by atoms with Gasteiger partial charge in [-0.05, 0) is 50.4 Å². The van der Waals surface area contributed by atoms with Gasteiger partial charge < -0.3 is 15.2 Å². The van der Waals surface area contributed by atoms with Crippen molar-refractivity contribution in [1.29, 1.82) is 0 Å². The Balaban J connectivity index is 1.83. The van der Waals surface area contributed by atoms with Gasteiger partial charge in [-0.3, -0.25) is 0 Å². The second-order valence-electron chi connectivity index (χ2n) is 6.01. The standard InChI is InChI=1S/C12H19NO2/c14-2-1-13-11-4-9-3-10(5-11)7-12(15,6-9)8-11/h2,9-10,13,15H,1,3-8H2/t9-,10-,11?,12?/m0/s1. The summed E-state index contributed by atoms with van der Waals surface area (Å²) in [6.45, 7) is 0.440. The van der Waals surface area contributed by atoms with E-state index in [2.05, 4.69) is 5.32 Å². The highest BCUT2D eigenvalue weighted by atomic mass is 16.3. The Morgan fingerprint density at radius 3 is 2.47 bits per heavy atom. The molecule has 4 bridgehead atoms. The molecule has 3 heteroatoms. The Morgan fingerprint density at radius 2 is 1.93 bits per heavy atom. The third-order valence-corrected chi connectivity index (χ3v) is 4.59. The number of aliphatic hydroxyl groups is 1. The van der Waals surface area contributed by atoms with E-state index in [1.54, 1.807) is 0 Å². The van der Waals surface area contributed by atoms with Crippen molar-refractivity contribution in [2.75, 3.05) is 6.54 Å². The molecule has 0 saturated heterocycles. The molecule has 15 heavy (non-hydrogen) atoms. The average molecular weight is 209 g/mol. The molecule has 2 N–H and O–H groups in total. The molecule has 2 atom stereocenters. The molecular formula is C12H19NO2. The van der Waals surface area contributed by atoms with Gasteiger partial charge in [-0.25, -0.2) is 0 Å². The van der Waals surface area contributed by atoms with E-state index in [1.165, 1.54) is 19.3 Å². The van der Waals surface area contributed by atoms with Gasteiger partial charge in [-0.15, -0.1) is 0 Å². The van der Waals surface area contributed by atoms with Gasteiger partial charge >= 0.3 is 0 Å². The van der Waals surface area contributed by atoms with E-state index in [0.29, 0.717) is 18.4 Å². The van der Waals surface area contributed by atoms with Gasteiger partial charge in [0.15, 0.2) is 0 Å². The SMILES string of the molecule is O=CCNC12C[C@@H]3C[C@H](CC(O)(C3)C1)C2. The van der Waals surface area contributed by atoms with E-state index >= 15 is 0 Å². The fourth-order valence-electron chi connectivity index (χ4n) is 4.68. The fraction of sp³-hybridized carbons (Fsp3) is 0.917. The molecule has 0 aromatic heterocycles. The van der Waals surface area contributed by atoms with E-state index in [0.717, 1.165) is 25.5 Å². The molecule has 84 valence electrons. The van der Waals surface area contributed by atoms with E-state index in [-0.39, 0.29) is 5.54 Å². The molecular weight excluding hydrogens is 190 g/mol. The molecule has 0 radical (unpaired) electrons. The van der Waals surface area contributed by atoms with Gasteiger partial charge in [0, 0.05) is 5.54 Å². The van der Waals surface area contributed by atoms with E-state index in [9.17, 15) is 9.90 Å². The van der Waals surface area contributed by atoms with Gasteiger partial charge in [-0.1, -0.05) is 0 Å². The molecule has 0 spiro atoms. The van der Waals surface area contributed by atoms with Gasteiger partial charge in [0.25, 0.3) is 0 Å². The third kappa shape index (κ3) is 1.53. The van der Waals surface area contributed by atoms with Crippen LogP contribution in [0.25, 0.3) is 0 Å². The summed E-state index contributed by atoms with van der Waals surface area (Å²) in [5.74, 6) is 1.38. The number of nitrogens with one attached hydrogen (secondary N) is 1. The lowest BCUT2D eigenvalue weighted by Crippen LogP contribution is -2.64. The molecule has 0 aromatic rings. The quantitative estimate of drug-likeness (QED) is 0.678. The lowest BCUT2D eigenvalue weighted by atomic mass is 9.51. The van der Waals surface area contributed by atoms with Crippen LogP contribution in [0, 0.1) is 11.8 Å². The summed E-state index contributed by atoms with van der Waals surface area (Å²) in [4.78, 5) is 10.5. The predicted octanol–water partition coefficient (Wildman–Crippen LogP) is 0.859. The molecule has 4 saturated carbocycles. The second kappa shape index (κ2) is 3.05. The summed E-state index contributed by atoms with van der Waals surface area (Å²) >= 11 is 0. The first-order valence-corrected chi connectivity index (χ1v) is 6.04.